The molecule has 1 saturated heterocycles. The molecule has 2 atom stereocenters. The number of rotatable bonds is 5. The van der Waals surface area contributed by atoms with Gasteiger partial charge in [0.1, 0.15) is 11.9 Å². The molecule has 0 saturated carbocycles. The predicted molar refractivity (Wildman–Crippen MR) is 114 cm³/mol. The minimum absolute atomic E-state index is 0.137. The lowest BCUT2D eigenvalue weighted by Crippen LogP contribution is -2.42. The fourth-order valence-electron chi connectivity index (χ4n) is 3.89. The monoisotopic (exact) mass is 441 g/mol. The summed E-state index contributed by atoms with van der Waals surface area (Å²) >= 11 is 0. The second kappa shape index (κ2) is 9.44. The Hall–Kier alpha value is -3.32. The van der Waals surface area contributed by atoms with Crippen molar-refractivity contribution in [2.24, 2.45) is 0 Å². The van der Waals surface area contributed by atoms with E-state index in [1.54, 1.807) is 24.3 Å². The lowest BCUT2D eigenvalue weighted by Gasteiger charge is -2.32. The summed E-state index contributed by atoms with van der Waals surface area (Å²) in [6.45, 7) is 1.46. The van der Waals surface area contributed by atoms with Crippen molar-refractivity contribution in [3.8, 4) is 16.9 Å². The van der Waals surface area contributed by atoms with Crippen LogP contribution in [-0.4, -0.2) is 31.5 Å². The van der Waals surface area contributed by atoms with Gasteiger partial charge in [0.25, 0.3) is 0 Å². The third-order valence-corrected chi connectivity index (χ3v) is 5.45. The van der Waals surface area contributed by atoms with Gasteiger partial charge in [-0.1, -0.05) is 54.6 Å². The molecule has 0 aliphatic carbocycles. The van der Waals surface area contributed by atoms with E-state index in [0.717, 1.165) is 24.1 Å². The molecule has 1 heterocycles. The van der Waals surface area contributed by atoms with Crippen molar-refractivity contribution >= 4 is 5.97 Å². The number of benzene rings is 3. The Morgan fingerprint density at radius 1 is 0.875 bits per heavy atom. The van der Waals surface area contributed by atoms with Crippen molar-refractivity contribution in [3.05, 3.63) is 90.0 Å². The molecule has 2 unspecified atom stereocenters. The van der Waals surface area contributed by atoms with Gasteiger partial charge in [0.2, 0.25) is 0 Å². The number of esters is 1. The van der Waals surface area contributed by atoms with Gasteiger partial charge in [-0.2, -0.15) is 0 Å². The van der Waals surface area contributed by atoms with Crippen LogP contribution in [0.15, 0.2) is 78.9 Å². The number of hydrogen-bond acceptors (Lipinski definition) is 4. The molecule has 1 fully saturated rings. The molecule has 0 bridgehead atoms. The van der Waals surface area contributed by atoms with Crippen LogP contribution in [0.4, 0.5) is 13.2 Å². The smallest absolute Gasteiger partial charge is 0.457 e. The third-order valence-electron chi connectivity index (χ3n) is 5.45. The summed E-state index contributed by atoms with van der Waals surface area (Å²) < 4.78 is 46.6. The molecule has 4 rings (SSSR count). The van der Waals surface area contributed by atoms with E-state index >= 15 is 0 Å². The van der Waals surface area contributed by atoms with Crippen molar-refractivity contribution in [3.63, 3.8) is 0 Å². The van der Waals surface area contributed by atoms with Crippen LogP contribution in [0.2, 0.25) is 0 Å². The minimum atomic E-state index is -4.73. The third kappa shape index (κ3) is 5.48. The average Bonchev–Trinajstić information content (AvgIpc) is 2.80. The van der Waals surface area contributed by atoms with Crippen LogP contribution in [0.25, 0.3) is 11.1 Å². The second-order valence-electron chi connectivity index (χ2n) is 7.60. The SMILES string of the molecule is O=C(OC1CNCCC1c1ccccc1)c1ccc(-c2ccc(OC(F)(F)F)cc2)cc1. The standard InChI is InChI=1S/C25H22F3NO3/c26-25(27,28)32-21-12-10-18(11-13-21)17-6-8-20(9-7-17)24(30)31-23-16-29-15-14-22(23)19-4-2-1-3-5-19/h1-13,22-23,29H,14-16H2. The molecule has 3 aromatic rings. The first kappa shape index (κ1) is 21.9. The molecule has 1 aliphatic rings. The molecule has 0 aromatic heterocycles. The van der Waals surface area contributed by atoms with E-state index in [2.05, 4.69) is 22.2 Å². The van der Waals surface area contributed by atoms with Crippen molar-refractivity contribution in [2.75, 3.05) is 13.1 Å². The number of piperidine rings is 1. The first-order valence-electron chi connectivity index (χ1n) is 10.3. The molecular weight excluding hydrogens is 419 g/mol. The fraction of sp³-hybridized carbons (Fsp3) is 0.240. The highest BCUT2D eigenvalue weighted by molar-refractivity contribution is 5.90. The molecule has 0 amide bonds. The molecule has 32 heavy (non-hydrogen) atoms. The van der Waals surface area contributed by atoms with Crippen molar-refractivity contribution in [1.29, 1.82) is 0 Å². The highest BCUT2D eigenvalue weighted by atomic mass is 19.4. The summed E-state index contributed by atoms with van der Waals surface area (Å²) in [5, 5.41) is 3.28. The summed E-state index contributed by atoms with van der Waals surface area (Å²) in [4.78, 5) is 12.7. The minimum Gasteiger partial charge on any atom is -0.457 e. The maximum absolute atomic E-state index is 12.7. The van der Waals surface area contributed by atoms with E-state index in [0.29, 0.717) is 17.7 Å². The Bertz CT molecular complexity index is 1030. The highest BCUT2D eigenvalue weighted by Crippen LogP contribution is 2.29. The van der Waals surface area contributed by atoms with Crippen LogP contribution in [0.5, 0.6) is 5.75 Å². The molecule has 4 nitrogen and oxygen atoms in total. The first-order valence-corrected chi connectivity index (χ1v) is 10.3. The number of halogens is 3. The van der Waals surface area contributed by atoms with E-state index in [9.17, 15) is 18.0 Å². The van der Waals surface area contributed by atoms with Crippen molar-refractivity contribution in [1.82, 2.24) is 5.32 Å². The van der Waals surface area contributed by atoms with Crippen LogP contribution >= 0.6 is 0 Å². The van der Waals surface area contributed by atoms with Gasteiger partial charge in [0.15, 0.2) is 0 Å². The Morgan fingerprint density at radius 2 is 1.50 bits per heavy atom. The van der Waals surface area contributed by atoms with Gasteiger partial charge in [-0.05, 0) is 53.9 Å². The topological polar surface area (TPSA) is 47.6 Å². The lowest BCUT2D eigenvalue weighted by atomic mass is 9.88. The van der Waals surface area contributed by atoms with Gasteiger partial charge in [-0.15, -0.1) is 13.2 Å². The molecule has 7 heteroatoms. The van der Waals surface area contributed by atoms with Gasteiger partial charge in [-0.3, -0.25) is 0 Å². The number of carbonyl (C=O) groups excluding carboxylic acids is 1. The highest BCUT2D eigenvalue weighted by Gasteiger charge is 2.31. The zero-order valence-corrected chi connectivity index (χ0v) is 17.1. The van der Waals surface area contributed by atoms with Crippen molar-refractivity contribution in [2.45, 2.75) is 24.8 Å². The largest absolute Gasteiger partial charge is 0.573 e. The number of hydrogen-bond donors (Lipinski definition) is 1. The van der Waals surface area contributed by atoms with E-state index in [-0.39, 0.29) is 17.8 Å². The van der Waals surface area contributed by atoms with Gasteiger partial charge in [0, 0.05) is 12.5 Å². The fourth-order valence-corrected chi connectivity index (χ4v) is 3.89. The quantitative estimate of drug-likeness (QED) is 0.527. The molecule has 166 valence electrons. The Labute approximate surface area is 184 Å². The van der Waals surface area contributed by atoms with Crippen LogP contribution in [0.3, 0.4) is 0 Å². The van der Waals surface area contributed by atoms with Crippen LogP contribution in [-0.2, 0) is 4.74 Å². The molecule has 1 aliphatic heterocycles. The van der Waals surface area contributed by atoms with Gasteiger partial charge in [-0.25, -0.2) is 4.79 Å². The van der Waals surface area contributed by atoms with E-state index in [1.807, 2.05) is 18.2 Å². The van der Waals surface area contributed by atoms with E-state index in [4.69, 9.17) is 4.74 Å². The Morgan fingerprint density at radius 3 is 2.12 bits per heavy atom. The second-order valence-corrected chi connectivity index (χ2v) is 7.60. The summed E-state index contributed by atoms with van der Waals surface area (Å²) in [5.41, 5.74) is 3.05. The van der Waals surface area contributed by atoms with Crippen LogP contribution in [0.1, 0.15) is 28.3 Å². The summed E-state index contributed by atoms with van der Waals surface area (Å²) in [6, 6.07) is 22.4. The van der Waals surface area contributed by atoms with E-state index < -0.39 is 12.3 Å². The molecular formula is C25H22F3NO3. The summed E-state index contributed by atoms with van der Waals surface area (Å²) in [5.74, 6) is -0.547. The van der Waals surface area contributed by atoms with Crippen molar-refractivity contribution < 1.29 is 27.4 Å². The zero-order valence-electron chi connectivity index (χ0n) is 17.1. The van der Waals surface area contributed by atoms with Crippen LogP contribution < -0.4 is 10.1 Å². The Kier molecular flexibility index (Phi) is 6.46. The lowest BCUT2D eigenvalue weighted by molar-refractivity contribution is -0.274. The number of alkyl halides is 3. The molecule has 0 spiro atoms. The van der Waals surface area contributed by atoms with Crippen LogP contribution in [0, 0.1) is 0 Å². The number of carbonyl (C=O) groups is 1. The zero-order chi connectivity index (χ0) is 22.6. The van der Waals surface area contributed by atoms with Gasteiger partial charge in [0.05, 0.1) is 5.56 Å². The first-order chi connectivity index (χ1) is 15.4. The normalized spacial score (nSPS) is 18.7. The maximum atomic E-state index is 12.7. The van der Waals surface area contributed by atoms with E-state index in [1.165, 1.54) is 24.3 Å². The summed E-state index contributed by atoms with van der Waals surface area (Å²) in [7, 11) is 0. The molecule has 0 radical (unpaired) electrons. The molecule has 1 N–H and O–H groups in total. The predicted octanol–water partition coefficient (Wildman–Crippen LogP) is 5.55. The maximum Gasteiger partial charge on any atom is 0.573 e. The molecule has 3 aromatic carbocycles. The summed E-state index contributed by atoms with van der Waals surface area (Å²) in [6.07, 6.45) is -4.11. The number of ether oxygens (including phenoxy) is 2. The average molecular weight is 441 g/mol. The number of nitrogens with one attached hydrogen (secondary N) is 1. The van der Waals surface area contributed by atoms with Gasteiger partial charge >= 0.3 is 12.3 Å². The van der Waals surface area contributed by atoms with Gasteiger partial charge < -0.3 is 14.8 Å². The Balaban J connectivity index is 1.43.